The molecule has 0 amide bonds. The second-order valence-electron chi connectivity index (χ2n) is 7.91. The van der Waals surface area contributed by atoms with E-state index in [9.17, 15) is 8.42 Å². The zero-order valence-corrected chi connectivity index (χ0v) is 18.3. The third-order valence-corrected chi connectivity index (χ3v) is 7.40. The summed E-state index contributed by atoms with van der Waals surface area (Å²) in [6.45, 7) is 2.56. The Morgan fingerprint density at radius 2 is 1.47 bits per heavy atom. The number of aromatic nitrogens is 4. The van der Waals surface area contributed by atoms with E-state index >= 15 is 0 Å². The maximum atomic E-state index is 13.3. The van der Waals surface area contributed by atoms with Gasteiger partial charge in [0.15, 0.2) is 0 Å². The van der Waals surface area contributed by atoms with Gasteiger partial charge in [-0.25, -0.2) is 18.4 Å². The van der Waals surface area contributed by atoms with Crippen molar-refractivity contribution in [2.75, 3.05) is 0 Å². The zero-order chi connectivity index (χ0) is 22.0. The number of benzene rings is 2. The Balaban J connectivity index is 1.36. The summed E-state index contributed by atoms with van der Waals surface area (Å²) in [4.78, 5) is 17.4. The number of aromatic amines is 2. The van der Waals surface area contributed by atoms with E-state index in [0.717, 1.165) is 28.3 Å². The molecule has 1 aliphatic heterocycles. The van der Waals surface area contributed by atoms with Gasteiger partial charge in [0.2, 0.25) is 10.0 Å². The fourth-order valence-corrected chi connectivity index (χ4v) is 5.51. The summed E-state index contributed by atoms with van der Waals surface area (Å²) in [6, 6.07) is 15.1. The quantitative estimate of drug-likeness (QED) is 0.432. The van der Waals surface area contributed by atoms with Gasteiger partial charge < -0.3 is 9.97 Å². The Morgan fingerprint density at radius 1 is 0.844 bits per heavy atom. The van der Waals surface area contributed by atoms with Gasteiger partial charge in [0.05, 0.1) is 18.0 Å². The highest BCUT2D eigenvalue weighted by molar-refractivity contribution is 7.89. The van der Waals surface area contributed by atoms with Crippen LogP contribution in [0, 0.1) is 0 Å². The van der Waals surface area contributed by atoms with Crippen LogP contribution in [-0.4, -0.2) is 37.6 Å². The summed E-state index contributed by atoms with van der Waals surface area (Å²) >= 11 is 0. The second kappa shape index (κ2) is 8.70. The highest BCUT2D eigenvalue weighted by Gasteiger charge is 2.30. The lowest BCUT2D eigenvalue weighted by molar-refractivity contribution is 0.236. The fraction of sp³-hybridized carbons (Fsp3) is 0.217. The molecule has 1 aliphatic rings. The van der Waals surface area contributed by atoms with E-state index < -0.39 is 10.0 Å². The molecule has 0 aliphatic carbocycles. The number of fused-ring (bicyclic) bond motifs is 1. The number of rotatable bonds is 8. The predicted octanol–water partition coefficient (Wildman–Crippen LogP) is 3.04. The first-order valence-electron chi connectivity index (χ1n) is 10.4. The van der Waals surface area contributed by atoms with Crippen LogP contribution in [0.25, 0.3) is 0 Å². The van der Waals surface area contributed by atoms with Gasteiger partial charge in [-0.2, -0.15) is 4.31 Å². The van der Waals surface area contributed by atoms with Gasteiger partial charge in [0.25, 0.3) is 0 Å². The smallest absolute Gasteiger partial charge is 0.243 e. The summed E-state index contributed by atoms with van der Waals surface area (Å²) in [5, 5.41) is 0. The first-order chi connectivity index (χ1) is 15.6. The van der Waals surface area contributed by atoms with E-state index in [-0.39, 0.29) is 0 Å². The zero-order valence-electron chi connectivity index (χ0n) is 17.5. The van der Waals surface area contributed by atoms with E-state index in [2.05, 4.69) is 24.8 Å². The van der Waals surface area contributed by atoms with Crippen molar-refractivity contribution in [1.29, 1.82) is 0 Å². The van der Waals surface area contributed by atoms with E-state index in [4.69, 9.17) is 0 Å². The first-order valence-corrected chi connectivity index (χ1v) is 11.9. The van der Waals surface area contributed by atoms with Gasteiger partial charge >= 0.3 is 0 Å². The molecule has 3 heterocycles. The Kier molecular flexibility index (Phi) is 5.60. The number of imidazole rings is 2. The SMILES string of the molecule is O=S(=O)(c1cccc(CN(Cc2ncc[nH]2)Cc2ncc[nH]2)c1)N1Cc2ccccc2C1. The van der Waals surface area contributed by atoms with Gasteiger partial charge in [0.1, 0.15) is 11.6 Å². The van der Waals surface area contributed by atoms with Crippen molar-refractivity contribution < 1.29 is 8.42 Å². The molecule has 32 heavy (non-hydrogen) atoms. The van der Waals surface area contributed by atoms with Crippen LogP contribution in [0.5, 0.6) is 0 Å². The maximum absolute atomic E-state index is 13.3. The molecule has 5 rings (SSSR count). The van der Waals surface area contributed by atoms with Gasteiger partial charge in [-0.05, 0) is 28.8 Å². The van der Waals surface area contributed by atoms with Crippen molar-refractivity contribution in [2.45, 2.75) is 37.6 Å². The molecule has 0 saturated heterocycles. The summed E-state index contributed by atoms with van der Waals surface area (Å²) in [7, 11) is -3.59. The lowest BCUT2D eigenvalue weighted by atomic mass is 10.1. The predicted molar refractivity (Wildman–Crippen MR) is 119 cm³/mol. The summed E-state index contributed by atoms with van der Waals surface area (Å²) in [5.41, 5.74) is 3.05. The molecular weight excluding hydrogens is 424 g/mol. The summed E-state index contributed by atoms with van der Waals surface area (Å²) in [6.07, 6.45) is 7.03. The molecule has 0 fully saturated rings. The molecule has 164 valence electrons. The van der Waals surface area contributed by atoms with Crippen LogP contribution >= 0.6 is 0 Å². The number of nitrogens with zero attached hydrogens (tertiary/aromatic N) is 4. The first kappa shape index (κ1) is 20.6. The lowest BCUT2D eigenvalue weighted by Gasteiger charge is -2.21. The molecular formula is C23H24N6O2S. The minimum atomic E-state index is -3.59. The molecule has 2 aromatic heterocycles. The Labute approximate surface area is 187 Å². The average molecular weight is 449 g/mol. The normalized spacial score (nSPS) is 14.2. The molecule has 0 radical (unpaired) electrons. The molecule has 0 unspecified atom stereocenters. The molecule has 0 saturated carbocycles. The summed E-state index contributed by atoms with van der Waals surface area (Å²) in [5.74, 6) is 1.69. The second-order valence-corrected chi connectivity index (χ2v) is 9.84. The molecule has 2 aromatic carbocycles. The molecule has 4 aromatic rings. The standard InChI is InChI=1S/C23H24N6O2S/c30-32(31,29-14-19-5-1-2-6-20(19)15-29)21-7-3-4-18(12-21)13-28(16-22-24-8-9-25-22)17-23-26-10-11-27-23/h1-12H,13-17H2,(H,24,25)(H,26,27). The van der Waals surface area contributed by atoms with E-state index in [1.165, 1.54) is 0 Å². The van der Waals surface area contributed by atoms with Gasteiger partial charge in [-0.1, -0.05) is 36.4 Å². The van der Waals surface area contributed by atoms with Gasteiger partial charge in [0, 0.05) is 44.4 Å². The maximum Gasteiger partial charge on any atom is 0.243 e. The Bertz CT molecular complexity index is 1220. The highest BCUT2D eigenvalue weighted by atomic mass is 32.2. The number of H-pyrrole nitrogens is 2. The van der Waals surface area contributed by atoms with Crippen molar-refractivity contribution in [3.63, 3.8) is 0 Å². The van der Waals surface area contributed by atoms with Crippen molar-refractivity contribution in [2.24, 2.45) is 0 Å². The van der Waals surface area contributed by atoms with Gasteiger partial charge in [-0.15, -0.1) is 0 Å². The van der Waals surface area contributed by atoms with Crippen molar-refractivity contribution in [3.8, 4) is 0 Å². The average Bonchev–Trinajstić information content (AvgIpc) is 3.56. The van der Waals surface area contributed by atoms with Crippen LogP contribution in [0.3, 0.4) is 0 Å². The molecule has 2 N–H and O–H groups in total. The Hall–Kier alpha value is -3.27. The number of sulfonamides is 1. The largest absolute Gasteiger partial charge is 0.348 e. The highest BCUT2D eigenvalue weighted by Crippen LogP contribution is 2.29. The van der Waals surface area contributed by atoms with Gasteiger partial charge in [-0.3, -0.25) is 4.90 Å². The van der Waals surface area contributed by atoms with Crippen LogP contribution in [0.15, 0.2) is 78.2 Å². The van der Waals surface area contributed by atoms with E-state index in [1.54, 1.807) is 41.2 Å². The van der Waals surface area contributed by atoms with E-state index in [1.807, 2.05) is 36.4 Å². The minimum Gasteiger partial charge on any atom is -0.348 e. The monoisotopic (exact) mass is 448 g/mol. The van der Waals surface area contributed by atoms with Crippen LogP contribution < -0.4 is 0 Å². The van der Waals surface area contributed by atoms with Crippen LogP contribution in [0.2, 0.25) is 0 Å². The topological polar surface area (TPSA) is 98.0 Å². The lowest BCUT2D eigenvalue weighted by Crippen LogP contribution is -2.26. The third-order valence-electron chi connectivity index (χ3n) is 5.61. The molecule has 9 heteroatoms. The van der Waals surface area contributed by atoms with Crippen molar-refractivity contribution in [3.05, 3.63) is 102 Å². The molecule has 8 nitrogen and oxygen atoms in total. The van der Waals surface area contributed by atoms with Crippen LogP contribution in [-0.2, 0) is 42.7 Å². The molecule has 0 bridgehead atoms. The summed E-state index contributed by atoms with van der Waals surface area (Å²) < 4.78 is 28.2. The van der Waals surface area contributed by atoms with Crippen molar-refractivity contribution >= 4 is 10.0 Å². The minimum absolute atomic E-state index is 0.318. The number of hydrogen-bond donors (Lipinski definition) is 2. The van der Waals surface area contributed by atoms with Crippen LogP contribution in [0.4, 0.5) is 0 Å². The third kappa shape index (κ3) is 4.36. The Morgan fingerprint density at radius 3 is 2.03 bits per heavy atom. The van der Waals surface area contributed by atoms with E-state index in [0.29, 0.717) is 37.6 Å². The van der Waals surface area contributed by atoms with Crippen LogP contribution in [0.1, 0.15) is 28.3 Å². The van der Waals surface area contributed by atoms with Crippen molar-refractivity contribution in [1.82, 2.24) is 29.1 Å². The number of hydrogen-bond acceptors (Lipinski definition) is 5. The molecule has 0 atom stereocenters. The number of nitrogens with one attached hydrogen (secondary N) is 2. The fourth-order valence-electron chi connectivity index (χ4n) is 4.04. The molecule has 0 spiro atoms.